The van der Waals surface area contributed by atoms with Crippen molar-refractivity contribution in [1.29, 1.82) is 0 Å². The van der Waals surface area contributed by atoms with Crippen molar-refractivity contribution in [3.8, 4) is 0 Å². The molecule has 1 rings (SSSR count). The van der Waals surface area contributed by atoms with E-state index in [1.807, 2.05) is 32.0 Å². The highest BCUT2D eigenvalue weighted by atomic mass is 16.3. The van der Waals surface area contributed by atoms with Gasteiger partial charge in [-0.05, 0) is 25.8 Å². The summed E-state index contributed by atoms with van der Waals surface area (Å²) in [4.78, 5) is 0. The fraction of sp³-hybridized carbons (Fsp3) is 0.455. The smallest absolute Gasteiger partial charge is 0.0885 e. The third kappa shape index (κ3) is 1.83. The van der Waals surface area contributed by atoms with Crippen molar-refractivity contribution < 1.29 is 5.11 Å². The first kappa shape index (κ1) is 10.1. The van der Waals surface area contributed by atoms with Crippen LogP contribution in [0, 0.1) is 6.92 Å². The molecule has 0 aliphatic heterocycles. The molecule has 1 atom stereocenters. The molecule has 0 aliphatic rings. The van der Waals surface area contributed by atoms with Gasteiger partial charge in [-0.2, -0.15) is 0 Å². The summed E-state index contributed by atoms with van der Waals surface area (Å²) < 4.78 is 0. The number of nitrogen functional groups attached to an aromatic ring is 1. The maximum atomic E-state index is 10.0. The second kappa shape index (κ2) is 3.38. The van der Waals surface area contributed by atoms with Crippen LogP contribution in [0.3, 0.4) is 0 Å². The van der Waals surface area contributed by atoms with Crippen molar-refractivity contribution in [2.75, 3.05) is 5.73 Å². The molecule has 0 spiro atoms. The molecule has 3 N–H and O–H groups in total. The van der Waals surface area contributed by atoms with Gasteiger partial charge in [-0.25, -0.2) is 0 Å². The molecule has 0 heterocycles. The van der Waals surface area contributed by atoms with Crippen molar-refractivity contribution in [3.63, 3.8) is 0 Å². The summed E-state index contributed by atoms with van der Waals surface area (Å²) in [6, 6.07) is 5.75. The molecule has 1 aromatic carbocycles. The zero-order valence-corrected chi connectivity index (χ0v) is 8.46. The van der Waals surface area contributed by atoms with E-state index in [0.29, 0.717) is 12.1 Å². The van der Waals surface area contributed by atoms with E-state index < -0.39 is 5.60 Å². The number of aryl methyl sites for hydroxylation is 1. The molecule has 72 valence electrons. The third-order valence-electron chi connectivity index (χ3n) is 2.59. The van der Waals surface area contributed by atoms with Crippen LogP contribution in [0.2, 0.25) is 0 Å². The summed E-state index contributed by atoms with van der Waals surface area (Å²) in [5, 5.41) is 10.0. The average Bonchev–Trinajstić information content (AvgIpc) is 2.09. The van der Waals surface area contributed by atoms with Gasteiger partial charge in [0.2, 0.25) is 0 Å². The molecule has 0 radical (unpaired) electrons. The fourth-order valence-electron chi connectivity index (χ4n) is 1.34. The lowest BCUT2D eigenvalue weighted by Gasteiger charge is -2.24. The first-order chi connectivity index (χ1) is 5.99. The Hall–Kier alpha value is -1.02. The van der Waals surface area contributed by atoms with Gasteiger partial charge in [-0.1, -0.05) is 25.1 Å². The van der Waals surface area contributed by atoms with Crippen molar-refractivity contribution in [1.82, 2.24) is 0 Å². The standard InChI is InChI=1S/C11H17NO/c1-4-11(3,13)9-7-5-6-8(2)10(9)12/h5-7,13H,4,12H2,1-3H3. The summed E-state index contributed by atoms with van der Waals surface area (Å²) in [6.07, 6.45) is 0.667. The Bertz CT molecular complexity index is 305. The summed E-state index contributed by atoms with van der Waals surface area (Å²) in [7, 11) is 0. The molecule has 0 fully saturated rings. The SMILES string of the molecule is CCC(C)(O)c1cccc(C)c1N. The lowest BCUT2D eigenvalue weighted by Crippen LogP contribution is -2.21. The number of para-hydroxylation sites is 1. The number of rotatable bonds is 2. The van der Waals surface area contributed by atoms with Gasteiger partial charge in [0.25, 0.3) is 0 Å². The lowest BCUT2D eigenvalue weighted by molar-refractivity contribution is 0.0538. The number of nitrogens with two attached hydrogens (primary N) is 1. The van der Waals surface area contributed by atoms with Crippen LogP contribution in [0.25, 0.3) is 0 Å². The van der Waals surface area contributed by atoms with Crippen molar-refractivity contribution in [2.24, 2.45) is 0 Å². The molecule has 0 bridgehead atoms. The molecule has 2 heteroatoms. The van der Waals surface area contributed by atoms with Gasteiger partial charge in [0, 0.05) is 11.3 Å². The largest absolute Gasteiger partial charge is 0.398 e. The van der Waals surface area contributed by atoms with E-state index in [1.54, 1.807) is 6.92 Å². The molecule has 0 amide bonds. The summed E-state index contributed by atoms with van der Waals surface area (Å²) >= 11 is 0. The van der Waals surface area contributed by atoms with Crippen LogP contribution in [-0.4, -0.2) is 5.11 Å². The van der Waals surface area contributed by atoms with Crippen LogP contribution < -0.4 is 5.73 Å². The van der Waals surface area contributed by atoms with Gasteiger partial charge in [-0.15, -0.1) is 0 Å². The van der Waals surface area contributed by atoms with Crippen LogP contribution >= 0.6 is 0 Å². The molecule has 0 saturated carbocycles. The Morgan fingerprint density at radius 3 is 2.62 bits per heavy atom. The van der Waals surface area contributed by atoms with Gasteiger partial charge in [0.1, 0.15) is 0 Å². The normalized spacial score (nSPS) is 15.4. The third-order valence-corrected chi connectivity index (χ3v) is 2.59. The highest BCUT2D eigenvalue weighted by Crippen LogP contribution is 2.30. The van der Waals surface area contributed by atoms with E-state index in [2.05, 4.69) is 0 Å². The van der Waals surface area contributed by atoms with Crippen LogP contribution in [-0.2, 0) is 5.60 Å². The Kier molecular flexibility index (Phi) is 2.62. The van der Waals surface area contributed by atoms with E-state index in [0.717, 1.165) is 11.1 Å². The maximum absolute atomic E-state index is 10.0. The van der Waals surface area contributed by atoms with E-state index in [-0.39, 0.29) is 0 Å². The Labute approximate surface area is 79.4 Å². The van der Waals surface area contributed by atoms with Crippen molar-refractivity contribution >= 4 is 5.69 Å². The quantitative estimate of drug-likeness (QED) is 0.684. The van der Waals surface area contributed by atoms with E-state index in [9.17, 15) is 5.11 Å². The molecule has 1 aromatic rings. The predicted octanol–water partition coefficient (Wildman–Crippen LogP) is 2.19. The lowest BCUT2D eigenvalue weighted by atomic mass is 9.90. The van der Waals surface area contributed by atoms with Crippen LogP contribution in [0.1, 0.15) is 31.4 Å². The van der Waals surface area contributed by atoms with Crippen LogP contribution in [0.4, 0.5) is 5.69 Å². The van der Waals surface area contributed by atoms with E-state index >= 15 is 0 Å². The van der Waals surface area contributed by atoms with Gasteiger partial charge >= 0.3 is 0 Å². The summed E-state index contributed by atoms with van der Waals surface area (Å²) in [6.45, 7) is 5.68. The molecule has 0 saturated heterocycles. The van der Waals surface area contributed by atoms with Crippen molar-refractivity contribution in [3.05, 3.63) is 29.3 Å². The van der Waals surface area contributed by atoms with E-state index in [1.165, 1.54) is 0 Å². The second-order valence-corrected chi connectivity index (χ2v) is 3.66. The zero-order chi connectivity index (χ0) is 10.1. The Morgan fingerprint density at radius 2 is 2.08 bits per heavy atom. The maximum Gasteiger partial charge on any atom is 0.0885 e. The molecule has 2 nitrogen and oxygen atoms in total. The number of aliphatic hydroxyl groups is 1. The minimum Gasteiger partial charge on any atom is -0.398 e. The number of hydrogen-bond acceptors (Lipinski definition) is 2. The zero-order valence-electron chi connectivity index (χ0n) is 8.46. The van der Waals surface area contributed by atoms with Gasteiger partial charge < -0.3 is 10.8 Å². The van der Waals surface area contributed by atoms with Gasteiger partial charge in [0.15, 0.2) is 0 Å². The molecule has 0 aromatic heterocycles. The average molecular weight is 179 g/mol. The minimum absolute atomic E-state index is 0.667. The highest BCUT2D eigenvalue weighted by molar-refractivity contribution is 5.55. The number of anilines is 1. The predicted molar refractivity (Wildman–Crippen MR) is 55.5 cm³/mol. The fourth-order valence-corrected chi connectivity index (χ4v) is 1.34. The van der Waals surface area contributed by atoms with Crippen molar-refractivity contribution in [2.45, 2.75) is 32.8 Å². The molecule has 13 heavy (non-hydrogen) atoms. The molecule has 0 aliphatic carbocycles. The van der Waals surface area contributed by atoms with Crippen LogP contribution in [0.5, 0.6) is 0 Å². The first-order valence-corrected chi connectivity index (χ1v) is 4.57. The molecular weight excluding hydrogens is 162 g/mol. The van der Waals surface area contributed by atoms with Gasteiger partial charge in [-0.3, -0.25) is 0 Å². The summed E-state index contributed by atoms with van der Waals surface area (Å²) in [5.74, 6) is 0. The Balaban J connectivity index is 3.22. The Morgan fingerprint density at radius 1 is 1.46 bits per heavy atom. The molecule has 1 unspecified atom stereocenters. The highest BCUT2D eigenvalue weighted by Gasteiger charge is 2.23. The minimum atomic E-state index is -0.809. The van der Waals surface area contributed by atoms with Gasteiger partial charge in [0.05, 0.1) is 5.60 Å². The second-order valence-electron chi connectivity index (χ2n) is 3.66. The monoisotopic (exact) mass is 179 g/mol. The van der Waals surface area contributed by atoms with Crippen LogP contribution in [0.15, 0.2) is 18.2 Å². The number of benzene rings is 1. The van der Waals surface area contributed by atoms with E-state index in [4.69, 9.17) is 5.73 Å². The topological polar surface area (TPSA) is 46.2 Å². The first-order valence-electron chi connectivity index (χ1n) is 4.57. The summed E-state index contributed by atoms with van der Waals surface area (Å²) in [5.41, 5.74) is 7.63. The molecular formula is C11H17NO. The number of hydrogen-bond donors (Lipinski definition) is 2.